The van der Waals surface area contributed by atoms with Crippen molar-refractivity contribution in [2.75, 3.05) is 5.32 Å². The second-order valence-electron chi connectivity index (χ2n) is 5.94. The molecule has 0 radical (unpaired) electrons. The van der Waals surface area contributed by atoms with Gasteiger partial charge in [-0.2, -0.15) is 0 Å². The fourth-order valence-corrected chi connectivity index (χ4v) is 3.17. The van der Waals surface area contributed by atoms with Crippen LogP contribution in [0.4, 0.5) is 5.69 Å². The first-order valence-electron chi connectivity index (χ1n) is 7.51. The number of aliphatic hydroxyl groups excluding tert-OH is 1. The van der Waals surface area contributed by atoms with Crippen LogP contribution in [0.3, 0.4) is 0 Å². The highest BCUT2D eigenvalue weighted by Crippen LogP contribution is 2.29. The minimum atomic E-state index is -0.471. The lowest BCUT2D eigenvalue weighted by Crippen LogP contribution is -2.12. The number of hydrogen-bond acceptors (Lipinski definition) is 2. The normalized spacial score (nSPS) is 13.8. The number of rotatable bonds is 4. The van der Waals surface area contributed by atoms with E-state index < -0.39 is 6.10 Å². The fourth-order valence-electron chi connectivity index (χ4n) is 3.17. The predicted molar refractivity (Wildman–Crippen MR) is 89.8 cm³/mol. The van der Waals surface area contributed by atoms with E-state index in [1.54, 1.807) is 6.92 Å². The van der Waals surface area contributed by atoms with Crippen LogP contribution >= 0.6 is 0 Å². The summed E-state index contributed by atoms with van der Waals surface area (Å²) in [5, 5.41) is 13.4. The van der Waals surface area contributed by atoms with Gasteiger partial charge in [0.15, 0.2) is 0 Å². The van der Waals surface area contributed by atoms with Crippen LogP contribution in [0.15, 0.2) is 36.4 Å². The van der Waals surface area contributed by atoms with E-state index in [1.165, 1.54) is 22.3 Å². The topological polar surface area (TPSA) is 32.3 Å². The average Bonchev–Trinajstić information content (AvgIpc) is 2.37. The molecule has 21 heavy (non-hydrogen) atoms. The van der Waals surface area contributed by atoms with Gasteiger partial charge in [0, 0.05) is 17.3 Å². The van der Waals surface area contributed by atoms with Crippen molar-refractivity contribution in [3.63, 3.8) is 0 Å². The molecule has 0 aliphatic carbocycles. The Labute approximate surface area is 127 Å². The molecule has 0 fully saturated rings. The zero-order valence-corrected chi connectivity index (χ0v) is 13.6. The van der Waals surface area contributed by atoms with E-state index in [-0.39, 0.29) is 6.04 Å². The molecule has 0 aliphatic heterocycles. The summed E-state index contributed by atoms with van der Waals surface area (Å²) in [6, 6.07) is 12.6. The molecule has 0 heterocycles. The van der Waals surface area contributed by atoms with Crippen molar-refractivity contribution in [3.05, 3.63) is 64.2 Å². The van der Waals surface area contributed by atoms with E-state index in [0.717, 1.165) is 11.3 Å². The Balaban J connectivity index is 2.33. The summed E-state index contributed by atoms with van der Waals surface area (Å²) < 4.78 is 0. The van der Waals surface area contributed by atoms with Crippen molar-refractivity contribution in [2.45, 2.75) is 46.8 Å². The number of anilines is 1. The molecule has 2 atom stereocenters. The predicted octanol–water partition coefficient (Wildman–Crippen LogP) is 4.84. The van der Waals surface area contributed by atoms with Crippen molar-refractivity contribution in [1.29, 1.82) is 0 Å². The number of hydrogen-bond donors (Lipinski definition) is 2. The van der Waals surface area contributed by atoms with Gasteiger partial charge in [-0.25, -0.2) is 0 Å². The quantitative estimate of drug-likeness (QED) is 0.841. The summed E-state index contributed by atoms with van der Waals surface area (Å²) in [6.07, 6.45) is -0.471. The molecule has 112 valence electrons. The van der Waals surface area contributed by atoms with E-state index in [0.29, 0.717) is 0 Å². The maximum Gasteiger partial charge on any atom is 0.0781 e. The zero-order valence-electron chi connectivity index (χ0n) is 13.6. The van der Waals surface area contributed by atoms with Crippen LogP contribution < -0.4 is 5.32 Å². The minimum Gasteiger partial charge on any atom is -0.389 e. The molecule has 0 bridgehead atoms. The Morgan fingerprint density at radius 3 is 2.10 bits per heavy atom. The van der Waals surface area contributed by atoms with Crippen LogP contribution in [-0.4, -0.2) is 5.11 Å². The van der Waals surface area contributed by atoms with Gasteiger partial charge in [0.25, 0.3) is 0 Å². The summed E-state index contributed by atoms with van der Waals surface area (Å²) in [4.78, 5) is 0. The molecule has 0 aromatic heterocycles. The third-order valence-electron chi connectivity index (χ3n) is 3.95. The van der Waals surface area contributed by atoms with Crippen LogP contribution in [0.1, 0.15) is 53.8 Å². The van der Waals surface area contributed by atoms with Gasteiger partial charge >= 0.3 is 0 Å². The molecule has 0 spiro atoms. The van der Waals surface area contributed by atoms with Gasteiger partial charge in [-0.15, -0.1) is 0 Å². The maximum absolute atomic E-state index is 9.89. The molecule has 2 aromatic rings. The number of para-hydroxylation sites is 1. The number of benzene rings is 2. The van der Waals surface area contributed by atoms with Crippen molar-refractivity contribution in [1.82, 2.24) is 0 Å². The van der Waals surface area contributed by atoms with Crippen molar-refractivity contribution in [3.8, 4) is 0 Å². The Bertz CT molecular complexity index is 608. The molecule has 2 N–H and O–H groups in total. The highest BCUT2D eigenvalue weighted by atomic mass is 16.3. The summed E-state index contributed by atoms with van der Waals surface area (Å²) in [5.74, 6) is 0. The van der Waals surface area contributed by atoms with Gasteiger partial charge in [0.2, 0.25) is 0 Å². The third kappa shape index (κ3) is 3.45. The Hall–Kier alpha value is -1.80. The van der Waals surface area contributed by atoms with E-state index in [1.807, 2.05) is 24.3 Å². The maximum atomic E-state index is 9.89. The van der Waals surface area contributed by atoms with Crippen LogP contribution in [0.5, 0.6) is 0 Å². The SMILES string of the molecule is Cc1cc(C)c(C(C)Nc2ccccc2C(C)O)c(C)c1. The summed E-state index contributed by atoms with van der Waals surface area (Å²) >= 11 is 0. The Morgan fingerprint density at radius 1 is 0.952 bits per heavy atom. The van der Waals surface area contributed by atoms with Gasteiger partial charge in [0.05, 0.1) is 6.10 Å². The van der Waals surface area contributed by atoms with E-state index in [9.17, 15) is 5.11 Å². The molecule has 0 saturated heterocycles. The molecule has 0 aliphatic rings. The lowest BCUT2D eigenvalue weighted by atomic mass is 9.94. The molecular weight excluding hydrogens is 258 g/mol. The molecule has 0 amide bonds. The van der Waals surface area contributed by atoms with Crippen LogP contribution in [0, 0.1) is 20.8 Å². The van der Waals surface area contributed by atoms with Crippen molar-refractivity contribution < 1.29 is 5.11 Å². The molecule has 2 rings (SSSR count). The summed E-state index contributed by atoms with van der Waals surface area (Å²) in [5.41, 5.74) is 7.18. The van der Waals surface area contributed by atoms with E-state index in [2.05, 4.69) is 45.1 Å². The first-order chi connectivity index (χ1) is 9.90. The second kappa shape index (κ2) is 6.31. The molecule has 0 saturated carbocycles. The van der Waals surface area contributed by atoms with Crippen LogP contribution in [-0.2, 0) is 0 Å². The first kappa shape index (κ1) is 15.6. The summed E-state index contributed by atoms with van der Waals surface area (Å²) in [7, 11) is 0. The highest BCUT2D eigenvalue weighted by molar-refractivity contribution is 5.54. The molecule has 2 nitrogen and oxygen atoms in total. The third-order valence-corrected chi connectivity index (χ3v) is 3.95. The average molecular weight is 283 g/mol. The van der Waals surface area contributed by atoms with Gasteiger partial charge in [0.1, 0.15) is 0 Å². The molecule has 2 heteroatoms. The number of aliphatic hydroxyl groups is 1. The van der Waals surface area contributed by atoms with E-state index >= 15 is 0 Å². The monoisotopic (exact) mass is 283 g/mol. The molecule has 2 unspecified atom stereocenters. The van der Waals surface area contributed by atoms with Crippen LogP contribution in [0.2, 0.25) is 0 Å². The zero-order chi connectivity index (χ0) is 15.6. The molecular formula is C19H25NO. The van der Waals surface area contributed by atoms with Gasteiger partial charge in [-0.05, 0) is 57.4 Å². The first-order valence-corrected chi connectivity index (χ1v) is 7.51. The van der Waals surface area contributed by atoms with Gasteiger partial charge in [-0.3, -0.25) is 0 Å². The lowest BCUT2D eigenvalue weighted by molar-refractivity contribution is 0.200. The van der Waals surface area contributed by atoms with E-state index in [4.69, 9.17) is 0 Å². The Morgan fingerprint density at radius 2 is 1.52 bits per heavy atom. The van der Waals surface area contributed by atoms with Crippen LogP contribution in [0.25, 0.3) is 0 Å². The smallest absolute Gasteiger partial charge is 0.0781 e. The largest absolute Gasteiger partial charge is 0.389 e. The number of aryl methyl sites for hydroxylation is 3. The number of nitrogens with one attached hydrogen (secondary N) is 1. The summed E-state index contributed by atoms with van der Waals surface area (Å²) in [6.45, 7) is 10.4. The van der Waals surface area contributed by atoms with Crippen molar-refractivity contribution >= 4 is 5.69 Å². The highest BCUT2D eigenvalue weighted by Gasteiger charge is 2.14. The second-order valence-corrected chi connectivity index (χ2v) is 5.94. The lowest BCUT2D eigenvalue weighted by Gasteiger charge is -2.23. The van der Waals surface area contributed by atoms with Gasteiger partial charge in [-0.1, -0.05) is 35.9 Å². The Kier molecular flexibility index (Phi) is 4.69. The van der Waals surface area contributed by atoms with Gasteiger partial charge < -0.3 is 10.4 Å². The molecule has 2 aromatic carbocycles. The minimum absolute atomic E-state index is 0.200. The fraction of sp³-hybridized carbons (Fsp3) is 0.368. The van der Waals surface area contributed by atoms with Crippen molar-refractivity contribution in [2.24, 2.45) is 0 Å². The standard InChI is InChI=1S/C19H25NO/c1-12-10-13(2)19(14(3)11-12)15(4)20-18-9-7-6-8-17(18)16(5)21/h6-11,15-16,20-21H,1-5H3.